The predicted octanol–water partition coefficient (Wildman–Crippen LogP) is 1.12. The van der Waals surface area contributed by atoms with Gasteiger partial charge in [0.15, 0.2) is 0 Å². The highest BCUT2D eigenvalue weighted by molar-refractivity contribution is 14.1. The van der Waals surface area contributed by atoms with Crippen LogP contribution in [0.2, 0.25) is 0 Å². The van der Waals surface area contributed by atoms with Gasteiger partial charge in [0.2, 0.25) is 0 Å². The van der Waals surface area contributed by atoms with Crippen molar-refractivity contribution >= 4 is 22.6 Å². The second-order valence-corrected chi connectivity index (χ2v) is 4.48. The van der Waals surface area contributed by atoms with Gasteiger partial charge in [-0.2, -0.15) is 0 Å². The molecule has 3 saturated heterocycles. The summed E-state index contributed by atoms with van der Waals surface area (Å²) in [7, 11) is 0. The lowest BCUT2D eigenvalue weighted by atomic mass is 9.93. The van der Waals surface area contributed by atoms with E-state index in [4.69, 9.17) is 14.2 Å². The molecule has 10 heavy (non-hydrogen) atoms. The fraction of sp³-hybridized carbons (Fsp3) is 1.00. The maximum atomic E-state index is 5.31. The summed E-state index contributed by atoms with van der Waals surface area (Å²) in [5.41, 5.74) is 0.0902. The summed E-state index contributed by atoms with van der Waals surface area (Å²) in [6.07, 6.45) is 0. The minimum Gasteiger partial charge on any atom is -0.318 e. The highest BCUT2D eigenvalue weighted by Crippen LogP contribution is 2.41. The summed E-state index contributed by atoms with van der Waals surface area (Å²) in [6.45, 7) is 4.34. The molecule has 0 aromatic carbocycles. The zero-order chi connectivity index (χ0) is 7.24. The molecule has 0 radical (unpaired) electrons. The van der Waals surface area contributed by atoms with Gasteiger partial charge in [-0.15, -0.1) is 0 Å². The summed E-state index contributed by atoms with van der Waals surface area (Å²) in [4.78, 5) is 0. The maximum absolute atomic E-state index is 5.31. The summed E-state index contributed by atoms with van der Waals surface area (Å²) >= 11 is 2.03. The Morgan fingerprint density at radius 3 is 1.80 bits per heavy atom. The molecule has 0 atom stereocenters. The van der Waals surface area contributed by atoms with E-state index in [1.54, 1.807) is 0 Å². The van der Waals surface area contributed by atoms with E-state index < -0.39 is 3.98 Å². The van der Waals surface area contributed by atoms with Gasteiger partial charge in [0.25, 0.3) is 0 Å². The molecular weight excluding hydrogens is 247 g/mol. The molecule has 3 aliphatic heterocycles. The lowest BCUT2D eigenvalue weighted by Gasteiger charge is -2.47. The lowest BCUT2D eigenvalue weighted by Crippen LogP contribution is -2.55. The maximum Gasteiger partial charge on any atom is 0.338 e. The minimum atomic E-state index is -0.768. The highest BCUT2D eigenvalue weighted by atomic mass is 127. The molecule has 3 heterocycles. The third kappa shape index (κ3) is 1.07. The Bertz CT molecular complexity index is 117. The molecule has 0 unspecified atom stereocenters. The van der Waals surface area contributed by atoms with E-state index in [1.807, 2.05) is 22.6 Å². The van der Waals surface area contributed by atoms with Gasteiger partial charge < -0.3 is 14.2 Å². The molecule has 0 saturated carbocycles. The number of hydrogen-bond acceptors (Lipinski definition) is 3. The van der Waals surface area contributed by atoms with Crippen LogP contribution in [0.4, 0.5) is 0 Å². The molecule has 0 aromatic rings. The smallest absolute Gasteiger partial charge is 0.318 e. The first-order valence-electron chi connectivity index (χ1n) is 3.23. The molecule has 4 heteroatoms. The van der Waals surface area contributed by atoms with Crippen LogP contribution in [0.5, 0.6) is 0 Å². The Morgan fingerprint density at radius 1 is 1.10 bits per heavy atom. The molecule has 0 aliphatic carbocycles. The molecular formula is C6H9IO3. The monoisotopic (exact) mass is 256 g/mol. The second kappa shape index (κ2) is 2.06. The Labute approximate surface area is 73.2 Å². The summed E-state index contributed by atoms with van der Waals surface area (Å²) in [6, 6.07) is 0. The molecule has 0 N–H and O–H groups in total. The van der Waals surface area contributed by atoms with Crippen molar-refractivity contribution < 1.29 is 14.2 Å². The molecule has 3 fully saturated rings. The van der Waals surface area contributed by atoms with E-state index in [2.05, 4.69) is 6.92 Å². The molecule has 0 spiro atoms. The SMILES string of the molecule is CC12COC(I)(OC1)OC2. The van der Waals surface area contributed by atoms with Gasteiger partial charge in [0, 0.05) is 28.0 Å². The van der Waals surface area contributed by atoms with Crippen molar-refractivity contribution in [2.24, 2.45) is 5.41 Å². The molecule has 0 amide bonds. The third-order valence-corrected chi connectivity index (χ3v) is 2.71. The molecule has 2 bridgehead atoms. The second-order valence-electron chi connectivity index (χ2n) is 3.16. The number of ether oxygens (including phenoxy) is 3. The van der Waals surface area contributed by atoms with Gasteiger partial charge in [-0.25, -0.2) is 0 Å². The van der Waals surface area contributed by atoms with Crippen LogP contribution in [0.15, 0.2) is 0 Å². The first-order chi connectivity index (χ1) is 4.62. The molecule has 0 aromatic heterocycles. The van der Waals surface area contributed by atoms with Crippen molar-refractivity contribution in [2.45, 2.75) is 10.9 Å². The van der Waals surface area contributed by atoms with Gasteiger partial charge >= 0.3 is 3.98 Å². The highest BCUT2D eigenvalue weighted by Gasteiger charge is 2.48. The number of halogens is 1. The summed E-state index contributed by atoms with van der Waals surface area (Å²) in [5, 5.41) is 0. The molecule has 3 rings (SSSR count). The van der Waals surface area contributed by atoms with Crippen molar-refractivity contribution in [3.05, 3.63) is 0 Å². The number of hydrogen-bond donors (Lipinski definition) is 0. The van der Waals surface area contributed by atoms with Crippen LogP contribution in [0, 0.1) is 5.41 Å². The summed E-state index contributed by atoms with van der Waals surface area (Å²) < 4.78 is 15.2. The van der Waals surface area contributed by atoms with Crippen molar-refractivity contribution in [2.75, 3.05) is 19.8 Å². The van der Waals surface area contributed by atoms with E-state index >= 15 is 0 Å². The number of fused-ring (bicyclic) bond motifs is 3. The van der Waals surface area contributed by atoms with Gasteiger partial charge in [-0.05, 0) is 0 Å². The van der Waals surface area contributed by atoms with E-state index in [-0.39, 0.29) is 5.41 Å². The van der Waals surface area contributed by atoms with E-state index in [1.165, 1.54) is 0 Å². The Kier molecular flexibility index (Phi) is 1.50. The van der Waals surface area contributed by atoms with E-state index in [0.717, 1.165) is 19.8 Å². The summed E-state index contributed by atoms with van der Waals surface area (Å²) in [5.74, 6) is 0. The van der Waals surface area contributed by atoms with Crippen LogP contribution in [-0.2, 0) is 14.2 Å². The van der Waals surface area contributed by atoms with Crippen LogP contribution in [0.3, 0.4) is 0 Å². The Hall–Kier alpha value is 0.610. The van der Waals surface area contributed by atoms with Gasteiger partial charge in [-0.3, -0.25) is 0 Å². The zero-order valence-corrected chi connectivity index (χ0v) is 7.88. The van der Waals surface area contributed by atoms with Crippen molar-refractivity contribution in [1.82, 2.24) is 0 Å². The topological polar surface area (TPSA) is 27.7 Å². The van der Waals surface area contributed by atoms with Crippen LogP contribution < -0.4 is 0 Å². The van der Waals surface area contributed by atoms with Crippen LogP contribution in [-0.4, -0.2) is 23.8 Å². The average molecular weight is 256 g/mol. The zero-order valence-electron chi connectivity index (χ0n) is 5.72. The van der Waals surface area contributed by atoms with Crippen LogP contribution in [0.1, 0.15) is 6.92 Å². The average Bonchev–Trinajstić information content (AvgIpc) is 1.93. The first-order valence-corrected chi connectivity index (χ1v) is 4.31. The van der Waals surface area contributed by atoms with Gasteiger partial charge in [0.1, 0.15) is 0 Å². The lowest BCUT2D eigenvalue weighted by molar-refractivity contribution is -0.403. The van der Waals surface area contributed by atoms with E-state index in [0.29, 0.717) is 0 Å². The van der Waals surface area contributed by atoms with E-state index in [9.17, 15) is 0 Å². The molecule has 58 valence electrons. The largest absolute Gasteiger partial charge is 0.338 e. The van der Waals surface area contributed by atoms with Crippen molar-refractivity contribution in [3.63, 3.8) is 0 Å². The van der Waals surface area contributed by atoms with Gasteiger partial charge in [0.05, 0.1) is 19.8 Å². The van der Waals surface area contributed by atoms with Crippen LogP contribution >= 0.6 is 22.6 Å². The van der Waals surface area contributed by atoms with Gasteiger partial charge in [-0.1, -0.05) is 6.92 Å². The van der Waals surface area contributed by atoms with Crippen molar-refractivity contribution in [3.8, 4) is 0 Å². The normalized spacial score (nSPS) is 53.4. The third-order valence-electron chi connectivity index (χ3n) is 1.78. The molecule has 3 nitrogen and oxygen atoms in total. The Balaban J connectivity index is 2.16. The first kappa shape index (κ1) is 7.27. The number of alkyl halides is 1. The minimum absolute atomic E-state index is 0.0902. The predicted molar refractivity (Wildman–Crippen MR) is 42.7 cm³/mol. The number of rotatable bonds is 0. The fourth-order valence-electron chi connectivity index (χ4n) is 1.03. The standard InChI is InChI=1S/C6H9IO3/c1-5-2-8-6(7,9-3-5)10-4-5/h2-4H2,1H3. The Morgan fingerprint density at radius 2 is 1.50 bits per heavy atom. The quantitative estimate of drug-likeness (QED) is 0.480. The van der Waals surface area contributed by atoms with Crippen molar-refractivity contribution in [1.29, 1.82) is 0 Å². The molecule has 3 aliphatic rings. The van der Waals surface area contributed by atoms with Crippen LogP contribution in [0.25, 0.3) is 0 Å². The fourth-order valence-corrected chi connectivity index (χ4v) is 1.50.